The molecule has 0 spiro atoms. The van der Waals surface area contributed by atoms with Gasteiger partial charge >= 0.3 is 0 Å². The van der Waals surface area contributed by atoms with E-state index in [-0.39, 0.29) is 0 Å². The van der Waals surface area contributed by atoms with Crippen molar-refractivity contribution in [3.05, 3.63) is 36.8 Å². The molecule has 0 saturated heterocycles. The second-order valence-corrected chi connectivity index (χ2v) is 1.76. The van der Waals surface area contributed by atoms with Crippen LogP contribution in [0.2, 0.25) is 0 Å². The third-order valence-electron chi connectivity index (χ3n) is 0.483. The Labute approximate surface area is 102 Å². The molecule has 0 saturated carbocycles. The highest BCUT2D eigenvalue weighted by Gasteiger charge is 1.59. The predicted molar refractivity (Wildman–Crippen MR) is 75.1 cm³/mol. The van der Waals surface area contributed by atoms with Gasteiger partial charge in [-0.25, -0.2) is 0 Å². The number of nitrogens with two attached hydrogens (primary N) is 1. The van der Waals surface area contributed by atoms with Crippen LogP contribution in [-0.2, 0) is 0 Å². The van der Waals surface area contributed by atoms with E-state index in [0.29, 0.717) is 5.70 Å². The molecule has 0 aliphatic carbocycles. The Morgan fingerprint density at radius 3 is 1.12 bits per heavy atom. The lowest BCUT2D eigenvalue weighted by molar-refractivity contribution is 1.03. The molecule has 0 aromatic carbocycles. The summed E-state index contributed by atoms with van der Waals surface area (Å²) in [5, 5.41) is 7.07. The van der Waals surface area contributed by atoms with Crippen molar-refractivity contribution in [1.29, 1.82) is 0 Å². The van der Waals surface area contributed by atoms with E-state index in [0.717, 1.165) is 0 Å². The topological polar surface area (TPSA) is 51.8 Å². The predicted octanol–water partition coefficient (Wildman–Crippen LogP) is 4.03. The lowest BCUT2D eigenvalue weighted by Gasteiger charge is -1.69. The summed E-state index contributed by atoms with van der Waals surface area (Å²) in [5.74, 6) is 0. The summed E-state index contributed by atoms with van der Waals surface area (Å²) in [7, 11) is 0. The molecule has 0 unspecified atom stereocenters. The van der Waals surface area contributed by atoms with Gasteiger partial charge < -0.3 is 5.73 Å². The summed E-state index contributed by atoms with van der Waals surface area (Å²) in [6.45, 7) is 17.1. The number of allylic oxidation sites excluding steroid dienone is 1. The molecule has 2 N–H and O–H groups in total. The van der Waals surface area contributed by atoms with Crippen LogP contribution in [0.4, 0.5) is 0 Å². The fourth-order valence-corrected chi connectivity index (χ4v) is 0.253. The van der Waals surface area contributed by atoms with Crippen molar-refractivity contribution in [2.45, 2.75) is 48.5 Å². The Morgan fingerprint density at radius 1 is 0.875 bits per heavy atom. The zero-order chi connectivity index (χ0) is 13.8. The molecule has 0 amide bonds. The first-order valence-corrected chi connectivity index (χ1v) is 5.86. The average Bonchev–Trinajstić information content (AvgIpc) is 2.38. The highest BCUT2D eigenvalue weighted by molar-refractivity contribution is 4.79. The minimum Gasteiger partial charge on any atom is -0.403 e. The van der Waals surface area contributed by atoms with E-state index in [2.05, 4.69) is 16.8 Å². The monoisotopic (exact) mass is 227 g/mol. The van der Waals surface area contributed by atoms with Gasteiger partial charge in [0.1, 0.15) is 0 Å². The van der Waals surface area contributed by atoms with Crippen LogP contribution >= 0.6 is 0 Å². The molecule has 1 aromatic heterocycles. The zero-order valence-electron chi connectivity index (χ0n) is 12.0. The highest BCUT2D eigenvalue weighted by atomic mass is 15.1. The fraction of sp³-hybridized carbons (Fsp3) is 0.538. The Bertz CT molecular complexity index is 143. The van der Waals surface area contributed by atoms with E-state index in [1.807, 2.05) is 53.7 Å². The lowest BCUT2D eigenvalue weighted by Crippen LogP contribution is -1.83. The number of hydrogen-bond acceptors (Lipinski definition) is 3. The summed E-state index contributed by atoms with van der Waals surface area (Å²) in [6.07, 6.45) is 3.28. The summed E-state index contributed by atoms with van der Waals surface area (Å²) < 4.78 is 0. The third kappa shape index (κ3) is 79.8. The van der Waals surface area contributed by atoms with Crippen molar-refractivity contribution in [3.8, 4) is 0 Å². The molecule has 3 nitrogen and oxygen atoms in total. The maximum Gasteiger partial charge on any atom is 0.0496 e. The Balaban J connectivity index is -0.0000000639. The van der Waals surface area contributed by atoms with Crippen molar-refractivity contribution in [1.82, 2.24) is 10.2 Å². The van der Waals surface area contributed by atoms with Gasteiger partial charge in [0, 0.05) is 12.4 Å². The molecule has 96 valence electrons. The quantitative estimate of drug-likeness (QED) is 0.728. The molecule has 0 atom stereocenters. The SMILES string of the molecule is C=C(C)N.CC.CC.CC.c1ccnnc1. The molecule has 16 heavy (non-hydrogen) atoms. The van der Waals surface area contributed by atoms with Gasteiger partial charge in [-0.1, -0.05) is 48.1 Å². The van der Waals surface area contributed by atoms with E-state index in [9.17, 15) is 0 Å². The van der Waals surface area contributed by atoms with E-state index in [4.69, 9.17) is 5.73 Å². The fourth-order valence-electron chi connectivity index (χ4n) is 0.253. The van der Waals surface area contributed by atoms with Gasteiger partial charge in [0.15, 0.2) is 0 Å². The van der Waals surface area contributed by atoms with Crippen molar-refractivity contribution in [2.75, 3.05) is 0 Å². The first-order chi connectivity index (χ1) is 7.73. The number of rotatable bonds is 0. The minimum absolute atomic E-state index is 0.667. The molecule has 1 aromatic rings. The summed E-state index contributed by atoms with van der Waals surface area (Å²) in [4.78, 5) is 0. The molecule has 0 aliphatic heterocycles. The third-order valence-corrected chi connectivity index (χ3v) is 0.483. The molecule has 0 aliphatic rings. The first kappa shape index (κ1) is 24.0. The van der Waals surface area contributed by atoms with E-state index >= 15 is 0 Å². The molecule has 0 radical (unpaired) electrons. The van der Waals surface area contributed by atoms with Gasteiger partial charge in [-0.15, -0.1) is 0 Å². The molecule has 0 fully saturated rings. The van der Waals surface area contributed by atoms with Crippen LogP contribution in [0, 0.1) is 0 Å². The van der Waals surface area contributed by atoms with Gasteiger partial charge in [-0.3, -0.25) is 0 Å². The van der Waals surface area contributed by atoms with E-state index < -0.39 is 0 Å². The average molecular weight is 227 g/mol. The molecular formula is C13H29N3. The highest BCUT2D eigenvalue weighted by Crippen LogP contribution is 1.68. The Hall–Kier alpha value is -1.38. The summed E-state index contributed by atoms with van der Waals surface area (Å²) in [5.41, 5.74) is 5.58. The largest absolute Gasteiger partial charge is 0.403 e. The van der Waals surface area contributed by atoms with Crippen LogP contribution in [0.15, 0.2) is 36.8 Å². The van der Waals surface area contributed by atoms with Gasteiger partial charge in [-0.2, -0.15) is 10.2 Å². The minimum atomic E-state index is 0.667. The van der Waals surface area contributed by atoms with Gasteiger partial charge in [0.05, 0.1) is 0 Å². The van der Waals surface area contributed by atoms with Crippen LogP contribution in [-0.4, -0.2) is 10.2 Å². The Kier molecular flexibility index (Phi) is 56.1. The molecular weight excluding hydrogens is 198 g/mol. The molecule has 3 heteroatoms. The smallest absolute Gasteiger partial charge is 0.0496 e. The van der Waals surface area contributed by atoms with Crippen LogP contribution < -0.4 is 5.73 Å². The zero-order valence-corrected chi connectivity index (χ0v) is 12.0. The Morgan fingerprint density at radius 2 is 1.06 bits per heavy atom. The number of hydrogen-bond donors (Lipinski definition) is 1. The van der Waals surface area contributed by atoms with Crippen LogP contribution in [0.5, 0.6) is 0 Å². The van der Waals surface area contributed by atoms with E-state index in [1.165, 1.54) is 0 Å². The molecule has 1 heterocycles. The second-order valence-electron chi connectivity index (χ2n) is 1.76. The van der Waals surface area contributed by atoms with Gasteiger partial charge in [-0.05, 0) is 24.8 Å². The van der Waals surface area contributed by atoms with Gasteiger partial charge in [0.25, 0.3) is 0 Å². The number of nitrogens with zero attached hydrogens (tertiary/aromatic N) is 2. The maximum atomic E-state index is 4.92. The van der Waals surface area contributed by atoms with Crippen LogP contribution in [0.25, 0.3) is 0 Å². The normalized spacial score (nSPS) is 5.69. The standard InChI is InChI=1S/C4H4N2.C3H7N.3C2H6/c1-2-4-6-5-3-1;1-3(2)4;3*1-2/h1-4H;1,4H2,2H3;3*1-2H3. The molecule has 0 bridgehead atoms. The van der Waals surface area contributed by atoms with Crippen molar-refractivity contribution in [3.63, 3.8) is 0 Å². The lowest BCUT2D eigenvalue weighted by atomic mass is 10.6. The first-order valence-electron chi connectivity index (χ1n) is 5.86. The van der Waals surface area contributed by atoms with Gasteiger partial charge in [0.2, 0.25) is 0 Å². The number of aromatic nitrogens is 2. The van der Waals surface area contributed by atoms with Crippen LogP contribution in [0.3, 0.4) is 0 Å². The summed E-state index contributed by atoms with van der Waals surface area (Å²) >= 11 is 0. The van der Waals surface area contributed by atoms with Crippen LogP contribution in [0.1, 0.15) is 48.5 Å². The summed E-state index contributed by atoms with van der Waals surface area (Å²) in [6, 6.07) is 3.65. The van der Waals surface area contributed by atoms with Crippen molar-refractivity contribution < 1.29 is 0 Å². The maximum absolute atomic E-state index is 4.92. The van der Waals surface area contributed by atoms with E-state index in [1.54, 1.807) is 19.3 Å². The molecule has 1 rings (SSSR count). The second kappa shape index (κ2) is 37.4. The van der Waals surface area contributed by atoms with Crippen molar-refractivity contribution >= 4 is 0 Å². The van der Waals surface area contributed by atoms with Crippen molar-refractivity contribution in [2.24, 2.45) is 5.73 Å².